The van der Waals surface area contributed by atoms with E-state index in [2.05, 4.69) is 4.98 Å². The van der Waals surface area contributed by atoms with Gasteiger partial charge in [-0.1, -0.05) is 23.5 Å². The smallest absolute Gasteiger partial charge is 0.341 e. The number of aromatic hydroxyl groups is 1. The number of carboxylic acids is 1. The van der Waals surface area contributed by atoms with E-state index in [1.165, 1.54) is 0 Å². The number of rotatable bonds is 8. The van der Waals surface area contributed by atoms with E-state index in [9.17, 15) is 19.5 Å². The first-order chi connectivity index (χ1) is 16.1. The number of hydrogen-bond acceptors (Lipinski definition) is 8. The van der Waals surface area contributed by atoms with E-state index in [1.54, 1.807) is 38.1 Å². The first kappa shape index (κ1) is 23.4. The van der Waals surface area contributed by atoms with Crippen LogP contribution in [-0.4, -0.2) is 45.8 Å². The number of aliphatic carboxylic acids is 1. The number of thiazole rings is 1. The number of ketones is 1. The van der Waals surface area contributed by atoms with Crippen LogP contribution in [0.15, 0.2) is 41.2 Å². The van der Waals surface area contributed by atoms with Gasteiger partial charge in [0.25, 0.3) is 0 Å². The van der Waals surface area contributed by atoms with E-state index in [1.807, 2.05) is 12.1 Å². The van der Waals surface area contributed by atoms with Crippen LogP contribution in [-0.2, 0) is 11.2 Å². The van der Waals surface area contributed by atoms with Gasteiger partial charge in [0.15, 0.2) is 12.4 Å². The molecule has 0 aliphatic carbocycles. The SMILES string of the molecule is Cc1c(OCC(=O)O)ccc2c1OC(C)(COc1ccc(Cc3sc(=O)[nH]c3O)cc1)CC2=O. The summed E-state index contributed by atoms with van der Waals surface area (Å²) in [6, 6.07) is 10.4. The first-order valence-electron chi connectivity index (χ1n) is 10.5. The molecule has 1 aromatic heterocycles. The molecule has 1 atom stereocenters. The van der Waals surface area contributed by atoms with Crippen LogP contribution < -0.4 is 19.1 Å². The topological polar surface area (TPSA) is 135 Å². The van der Waals surface area contributed by atoms with Crippen molar-refractivity contribution in [3.8, 4) is 23.1 Å². The van der Waals surface area contributed by atoms with Crippen LogP contribution in [0.2, 0.25) is 0 Å². The second-order valence-corrected chi connectivity index (χ2v) is 9.36. The summed E-state index contributed by atoms with van der Waals surface area (Å²) < 4.78 is 17.4. The summed E-state index contributed by atoms with van der Waals surface area (Å²) in [6.45, 7) is 3.11. The van der Waals surface area contributed by atoms with E-state index in [0.717, 1.165) is 16.9 Å². The Balaban J connectivity index is 1.44. The molecular weight excluding hydrogens is 462 g/mol. The van der Waals surface area contributed by atoms with Crippen molar-refractivity contribution in [2.75, 3.05) is 13.2 Å². The zero-order chi connectivity index (χ0) is 24.5. The highest BCUT2D eigenvalue weighted by molar-refractivity contribution is 7.09. The Morgan fingerprint density at radius 2 is 1.91 bits per heavy atom. The number of hydrogen-bond donors (Lipinski definition) is 3. The number of nitrogens with one attached hydrogen (secondary N) is 1. The Morgan fingerprint density at radius 3 is 2.56 bits per heavy atom. The third-order valence-corrected chi connectivity index (χ3v) is 6.29. The normalized spacial score (nSPS) is 17.1. The fourth-order valence-electron chi connectivity index (χ4n) is 3.72. The van der Waals surface area contributed by atoms with Gasteiger partial charge in [0, 0.05) is 12.0 Å². The van der Waals surface area contributed by atoms with Crippen LogP contribution in [0.5, 0.6) is 23.1 Å². The quantitative estimate of drug-likeness (QED) is 0.442. The molecule has 4 rings (SSSR count). The summed E-state index contributed by atoms with van der Waals surface area (Å²) >= 11 is 0.964. The molecule has 3 N–H and O–H groups in total. The van der Waals surface area contributed by atoms with Gasteiger partial charge in [0.1, 0.15) is 29.5 Å². The lowest BCUT2D eigenvalue weighted by molar-refractivity contribution is -0.139. The molecule has 0 saturated heterocycles. The van der Waals surface area contributed by atoms with Gasteiger partial charge in [-0.25, -0.2) is 4.79 Å². The zero-order valence-corrected chi connectivity index (χ0v) is 19.4. The van der Waals surface area contributed by atoms with Crippen molar-refractivity contribution in [2.24, 2.45) is 0 Å². The highest BCUT2D eigenvalue weighted by Gasteiger charge is 2.38. The van der Waals surface area contributed by atoms with Crippen LogP contribution in [0.4, 0.5) is 0 Å². The molecule has 1 aliphatic rings. The third-order valence-electron chi connectivity index (χ3n) is 5.42. The largest absolute Gasteiger partial charge is 0.494 e. The van der Waals surface area contributed by atoms with Gasteiger partial charge in [0.2, 0.25) is 5.88 Å². The maximum absolute atomic E-state index is 12.8. The predicted octanol–water partition coefficient (Wildman–Crippen LogP) is 3.31. The number of carboxylic acid groups (broad SMARTS) is 1. The van der Waals surface area contributed by atoms with E-state index in [0.29, 0.717) is 39.7 Å². The van der Waals surface area contributed by atoms with Crippen LogP contribution in [0.1, 0.15) is 39.7 Å². The number of fused-ring (bicyclic) bond motifs is 1. The average Bonchev–Trinajstić information content (AvgIpc) is 3.09. The summed E-state index contributed by atoms with van der Waals surface area (Å²) in [5.74, 6) is -0.0259. The first-order valence-corrected chi connectivity index (χ1v) is 11.3. The minimum absolute atomic E-state index is 0.0964. The molecule has 0 spiro atoms. The molecule has 1 aliphatic heterocycles. The molecule has 0 amide bonds. The molecule has 178 valence electrons. The molecule has 3 aromatic rings. The lowest BCUT2D eigenvalue weighted by Gasteiger charge is -2.35. The molecule has 9 nitrogen and oxygen atoms in total. The van der Waals surface area contributed by atoms with Gasteiger partial charge in [-0.15, -0.1) is 0 Å². The van der Waals surface area contributed by atoms with E-state index < -0.39 is 18.2 Å². The van der Waals surface area contributed by atoms with Crippen molar-refractivity contribution in [2.45, 2.75) is 32.3 Å². The lowest BCUT2D eigenvalue weighted by Crippen LogP contribution is -2.44. The van der Waals surface area contributed by atoms with Crippen molar-refractivity contribution >= 4 is 23.1 Å². The number of carbonyl (C=O) groups is 2. The maximum atomic E-state index is 12.8. The number of ether oxygens (including phenoxy) is 3. The lowest BCUT2D eigenvalue weighted by atomic mass is 9.90. The predicted molar refractivity (Wildman–Crippen MR) is 124 cm³/mol. The highest BCUT2D eigenvalue weighted by Crippen LogP contribution is 2.40. The zero-order valence-electron chi connectivity index (χ0n) is 18.5. The van der Waals surface area contributed by atoms with E-state index in [4.69, 9.17) is 19.3 Å². The highest BCUT2D eigenvalue weighted by atomic mass is 32.1. The maximum Gasteiger partial charge on any atom is 0.341 e. The molecule has 2 heterocycles. The average molecular weight is 486 g/mol. The minimum atomic E-state index is -1.10. The van der Waals surface area contributed by atoms with Crippen LogP contribution in [0.3, 0.4) is 0 Å². The fourth-order valence-corrected chi connectivity index (χ4v) is 4.47. The summed E-state index contributed by atoms with van der Waals surface area (Å²) in [5.41, 5.74) is 0.948. The molecule has 0 radical (unpaired) electrons. The van der Waals surface area contributed by atoms with Gasteiger partial charge < -0.3 is 24.4 Å². The Kier molecular flexibility index (Phi) is 6.34. The van der Waals surface area contributed by atoms with Crippen molar-refractivity contribution in [1.82, 2.24) is 4.98 Å². The summed E-state index contributed by atoms with van der Waals surface area (Å²) in [5, 5.41) is 18.6. The number of aromatic amines is 1. The third kappa shape index (κ3) is 5.07. The van der Waals surface area contributed by atoms with Gasteiger partial charge in [0.05, 0.1) is 16.9 Å². The number of Topliss-reactive ketones (excluding diaryl/α,β-unsaturated/α-hetero) is 1. The Bertz CT molecular complexity index is 1290. The van der Waals surface area contributed by atoms with Gasteiger partial charge in [-0.05, 0) is 43.7 Å². The van der Waals surface area contributed by atoms with Crippen molar-refractivity contribution in [1.29, 1.82) is 0 Å². The van der Waals surface area contributed by atoms with Crippen molar-refractivity contribution < 1.29 is 34.0 Å². The molecule has 34 heavy (non-hydrogen) atoms. The monoisotopic (exact) mass is 485 g/mol. The molecule has 10 heteroatoms. The van der Waals surface area contributed by atoms with Gasteiger partial charge in [-0.3, -0.25) is 14.6 Å². The Labute approximate surface area is 198 Å². The van der Waals surface area contributed by atoms with E-state index >= 15 is 0 Å². The Morgan fingerprint density at radius 1 is 1.18 bits per heavy atom. The second-order valence-electron chi connectivity index (χ2n) is 8.30. The summed E-state index contributed by atoms with van der Waals surface area (Å²) in [6.07, 6.45) is 0.533. The van der Waals surface area contributed by atoms with Crippen LogP contribution in [0.25, 0.3) is 0 Å². The van der Waals surface area contributed by atoms with Crippen LogP contribution in [0, 0.1) is 6.92 Å². The van der Waals surface area contributed by atoms with Crippen molar-refractivity contribution in [3.05, 3.63) is 67.6 Å². The molecular formula is C24H23NO8S. The van der Waals surface area contributed by atoms with Gasteiger partial charge >= 0.3 is 10.8 Å². The number of benzene rings is 2. The molecule has 0 fully saturated rings. The standard InChI is InChI=1S/C24H23NO8S/c1-13-18(31-11-20(27)28)8-7-16-17(26)10-24(2,33-21(13)16)12-32-15-5-3-14(4-6-15)9-19-22(29)25-23(30)34-19/h3-8,29H,9-12H2,1-2H3,(H,25,30)(H,27,28). The second kappa shape index (κ2) is 9.22. The van der Waals surface area contributed by atoms with E-state index in [-0.39, 0.29) is 29.6 Å². The molecule has 1 unspecified atom stereocenters. The number of aromatic nitrogens is 1. The Hall–Kier alpha value is -3.79. The minimum Gasteiger partial charge on any atom is -0.494 e. The fraction of sp³-hybridized carbons (Fsp3) is 0.292. The molecule has 0 saturated carbocycles. The van der Waals surface area contributed by atoms with Crippen molar-refractivity contribution in [3.63, 3.8) is 0 Å². The van der Waals surface area contributed by atoms with Gasteiger partial charge in [-0.2, -0.15) is 0 Å². The number of carbonyl (C=O) groups excluding carboxylic acids is 1. The van der Waals surface area contributed by atoms with Crippen LogP contribution >= 0.6 is 11.3 Å². The molecule has 0 bridgehead atoms. The summed E-state index contributed by atoms with van der Waals surface area (Å²) in [7, 11) is 0. The summed E-state index contributed by atoms with van der Waals surface area (Å²) in [4.78, 5) is 37.5. The molecule has 2 aromatic carbocycles. The number of H-pyrrole nitrogens is 1.